The number of sulfonamides is 1. The number of halogens is 3. The minimum Gasteiger partial charge on any atom is -0.321 e. The fraction of sp³-hybridized carbons (Fsp3) is 0.0625. The molecule has 9 heteroatoms. The van der Waals surface area contributed by atoms with E-state index in [1.54, 1.807) is 0 Å². The third-order valence-electron chi connectivity index (χ3n) is 3.67. The number of rotatable bonds is 2. The zero-order chi connectivity index (χ0) is 18.4. The summed E-state index contributed by atoms with van der Waals surface area (Å²) in [5.74, 6) is -0.626. The number of amides is 1. The lowest BCUT2D eigenvalue weighted by molar-refractivity contribution is -0.137. The van der Waals surface area contributed by atoms with Gasteiger partial charge in [-0.2, -0.15) is 13.2 Å². The van der Waals surface area contributed by atoms with Crippen molar-refractivity contribution < 1.29 is 26.4 Å². The number of hydrogen-bond donors (Lipinski definition) is 2. The van der Waals surface area contributed by atoms with Gasteiger partial charge in [-0.05, 0) is 35.9 Å². The summed E-state index contributed by atoms with van der Waals surface area (Å²) in [5, 5.41) is 7.54. The zero-order valence-electron chi connectivity index (χ0n) is 12.5. The Morgan fingerprint density at radius 1 is 1.08 bits per heavy atom. The molecule has 0 unspecified atom stereocenters. The van der Waals surface area contributed by atoms with Crippen LogP contribution in [0.5, 0.6) is 0 Å². The standard InChI is InChI=1S/C16H11F3N2O3S/c17-16(18,19)13-4-2-1-3-9(13)7-12-11-8-10(25(20,23)24)5-6-14(11)21-15(12)22/h1-8H,(H,21,22)(H2,20,23,24)/b12-7-. The van der Waals surface area contributed by atoms with Gasteiger partial charge in [0.2, 0.25) is 10.0 Å². The molecule has 0 bridgehead atoms. The second kappa shape index (κ2) is 5.71. The molecule has 0 atom stereocenters. The molecular formula is C16H11F3N2O3S. The molecule has 0 spiro atoms. The Morgan fingerprint density at radius 3 is 2.40 bits per heavy atom. The van der Waals surface area contributed by atoms with Crippen molar-refractivity contribution in [3.05, 3.63) is 59.2 Å². The lowest BCUT2D eigenvalue weighted by Crippen LogP contribution is -2.12. The minimum atomic E-state index is -4.59. The highest BCUT2D eigenvalue weighted by Crippen LogP contribution is 2.37. The maximum absolute atomic E-state index is 13.1. The van der Waals surface area contributed by atoms with Gasteiger partial charge in [-0.25, -0.2) is 13.6 Å². The average molecular weight is 368 g/mol. The highest BCUT2D eigenvalue weighted by atomic mass is 32.2. The van der Waals surface area contributed by atoms with Crippen molar-refractivity contribution >= 4 is 33.3 Å². The normalized spacial score (nSPS) is 16.0. The van der Waals surface area contributed by atoms with Gasteiger partial charge in [0.25, 0.3) is 5.91 Å². The molecule has 1 amide bonds. The fourth-order valence-corrected chi connectivity index (χ4v) is 3.06. The summed E-state index contributed by atoms with van der Waals surface area (Å²) >= 11 is 0. The predicted molar refractivity (Wildman–Crippen MR) is 85.8 cm³/mol. The number of primary sulfonamides is 1. The summed E-state index contributed by atoms with van der Waals surface area (Å²) in [7, 11) is -4.02. The van der Waals surface area contributed by atoms with Crippen molar-refractivity contribution in [2.75, 3.05) is 5.32 Å². The molecule has 0 aliphatic carbocycles. The SMILES string of the molecule is NS(=O)(=O)c1ccc2c(c1)/C(=C/c1ccccc1C(F)(F)F)C(=O)N2. The molecule has 0 aromatic heterocycles. The fourth-order valence-electron chi connectivity index (χ4n) is 2.52. The zero-order valence-corrected chi connectivity index (χ0v) is 13.3. The number of hydrogen-bond acceptors (Lipinski definition) is 3. The van der Waals surface area contributed by atoms with E-state index < -0.39 is 27.7 Å². The van der Waals surface area contributed by atoms with Gasteiger partial charge in [-0.15, -0.1) is 0 Å². The van der Waals surface area contributed by atoms with E-state index >= 15 is 0 Å². The smallest absolute Gasteiger partial charge is 0.321 e. The van der Waals surface area contributed by atoms with Crippen LogP contribution in [0.1, 0.15) is 16.7 Å². The van der Waals surface area contributed by atoms with Crippen LogP contribution in [0.3, 0.4) is 0 Å². The topological polar surface area (TPSA) is 89.3 Å². The number of carbonyl (C=O) groups is 1. The first kappa shape index (κ1) is 17.2. The average Bonchev–Trinajstić information content (AvgIpc) is 2.81. The third kappa shape index (κ3) is 3.28. The van der Waals surface area contributed by atoms with Crippen molar-refractivity contribution in [3.8, 4) is 0 Å². The van der Waals surface area contributed by atoms with Gasteiger partial charge in [0.05, 0.1) is 10.5 Å². The molecule has 3 N–H and O–H groups in total. The van der Waals surface area contributed by atoms with Crippen LogP contribution in [0.4, 0.5) is 18.9 Å². The van der Waals surface area contributed by atoms with Gasteiger partial charge in [-0.3, -0.25) is 4.79 Å². The Bertz CT molecular complexity index is 1010. The number of nitrogens with two attached hydrogens (primary N) is 1. The third-order valence-corrected chi connectivity index (χ3v) is 4.58. The molecule has 0 fully saturated rings. The molecule has 2 aromatic rings. The Morgan fingerprint density at radius 2 is 1.76 bits per heavy atom. The monoisotopic (exact) mass is 368 g/mol. The second-order valence-corrected chi connectivity index (χ2v) is 6.91. The van der Waals surface area contributed by atoms with Crippen molar-refractivity contribution in [1.82, 2.24) is 0 Å². The summed E-state index contributed by atoms with van der Waals surface area (Å²) in [6, 6.07) is 8.49. The Balaban J connectivity index is 2.18. The lowest BCUT2D eigenvalue weighted by atomic mass is 10.0. The van der Waals surface area contributed by atoms with Crippen LogP contribution in [0.15, 0.2) is 47.4 Å². The number of fused-ring (bicyclic) bond motifs is 1. The number of nitrogens with one attached hydrogen (secondary N) is 1. The van der Waals surface area contributed by atoms with Gasteiger partial charge in [0, 0.05) is 16.8 Å². The van der Waals surface area contributed by atoms with Crippen molar-refractivity contribution in [2.24, 2.45) is 5.14 Å². The van der Waals surface area contributed by atoms with E-state index in [4.69, 9.17) is 5.14 Å². The predicted octanol–water partition coefficient (Wildman–Crippen LogP) is 2.85. The lowest BCUT2D eigenvalue weighted by Gasteiger charge is -2.10. The van der Waals surface area contributed by atoms with Crippen molar-refractivity contribution in [2.45, 2.75) is 11.1 Å². The van der Waals surface area contributed by atoms with Crippen LogP contribution in [0, 0.1) is 0 Å². The summed E-state index contributed by atoms with van der Waals surface area (Å²) in [4.78, 5) is 11.9. The first-order valence-electron chi connectivity index (χ1n) is 6.94. The Kier molecular flexibility index (Phi) is 3.92. The molecule has 0 radical (unpaired) electrons. The van der Waals surface area contributed by atoms with E-state index in [1.807, 2.05) is 0 Å². The molecule has 0 saturated carbocycles. The van der Waals surface area contributed by atoms with E-state index in [9.17, 15) is 26.4 Å². The van der Waals surface area contributed by atoms with Crippen molar-refractivity contribution in [1.29, 1.82) is 0 Å². The number of benzene rings is 2. The summed E-state index contributed by atoms with van der Waals surface area (Å²) in [6.07, 6.45) is -3.51. The van der Waals surface area contributed by atoms with Crippen LogP contribution >= 0.6 is 0 Å². The van der Waals surface area contributed by atoms with Crippen LogP contribution in [0.2, 0.25) is 0 Å². The quantitative estimate of drug-likeness (QED) is 0.799. The number of alkyl halides is 3. The highest BCUT2D eigenvalue weighted by Gasteiger charge is 2.33. The van der Waals surface area contributed by atoms with E-state index in [0.717, 1.165) is 18.2 Å². The molecular weight excluding hydrogens is 357 g/mol. The maximum Gasteiger partial charge on any atom is 0.416 e. The van der Waals surface area contributed by atoms with Crippen LogP contribution in [0.25, 0.3) is 11.6 Å². The van der Waals surface area contributed by atoms with Gasteiger partial charge in [0.15, 0.2) is 0 Å². The van der Waals surface area contributed by atoms with Crippen molar-refractivity contribution in [3.63, 3.8) is 0 Å². The van der Waals surface area contributed by atoms with Gasteiger partial charge in [-0.1, -0.05) is 18.2 Å². The molecule has 2 aromatic carbocycles. The number of carbonyl (C=O) groups excluding carboxylic acids is 1. The molecule has 25 heavy (non-hydrogen) atoms. The highest BCUT2D eigenvalue weighted by molar-refractivity contribution is 7.89. The summed E-state index contributed by atoms with van der Waals surface area (Å²) in [5.41, 5.74) is -0.695. The minimum absolute atomic E-state index is 0.0720. The van der Waals surface area contributed by atoms with Gasteiger partial charge >= 0.3 is 6.18 Å². The van der Waals surface area contributed by atoms with Gasteiger partial charge in [0.1, 0.15) is 0 Å². The Labute approximate surface area is 141 Å². The summed E-state index contributed by atoms with van der Waals surface area (Å²) in [6.45, 7) is 0. The summed E-state index contributed by atoms with van der Waals surface area (Å²) < 4.78 is 62.3. The van der Waals surface area contributed by atoms with Gasteiger partial charge < -0.3 is 5.32 Å². The van der Waals surface area contributed by atoms with Crippen LogP contribution in [-0.2, 0) is 21.0 Å². The van der Waals surface area contributed by atoms with E-state index in [2.05, 4.69) is 5.32 Å². The van der Waals surface area contributed by atoms with E-state index in [1.165, 1.54) is 30.3 Å². The Hall–Kier alpha value is -2.65. The van der Waals surface area contributed by atoms with Crippen LogP contribution < -0.4 is 10.5 Å². The molecule has 3 rings (SSSR count). The van der Waals surface area contributed by atoms with E-state index in [-0.39, 0.29) is 21.6 Å². The number of anilines is 1. The molecule has 0 saturated heterocycles. The first-order chi connectivity index (χ1) is 11.6. The second-order valence-electron chi connectivity index (χ2n) is 5.35. The molecule has 1 aliphatic heterocycles. The van der Waals surface area contributed by atoms with Crippen LogP contribution in [-0.4, -0.2) is 14.3 Å². The molecule has 130 valence electrons. The molecule has 1 heterocycles. The molecule has 1 aliphatic rings. The van der Waals surface area contributed by atoms with E-state index in [0.29, 0.717) is 5.69 Å². The largest absolute Gasteiger partial charge is 0.416 e. The maximum atomic E-state index is 13.1. The molecule has 5 nitrogen and oxygen atoms in total. The first-order valence-corrected chi connectivity index (χ1v) is 8.48.